The number of hydrogen-bond donors (Lipinski definition) is 1. The lowest BCUT2D eigenvalue weighted by atomic mass is 9.84. The first kappa shape index (κ1) is 24.5. The number of rotatable bonds is 12. The Morgan fingerprint density at radius 2 is 1.48 bits per heavy atom. The maximum Gasteiger partial charge on any atom is 0.127 e. The quantitative estimate of drug-likeness (QED) is 0.358. The first-order valence-electron chi connectivity index (χ1n) is 13.6. The second-order valence-corrected chi connectivity index (χ2v) is 11.3. The molecule has 1 aromatic carbocycles. The van der Waals surface area contributed by atoms with Crippen LogP contribution in [0.3, 0.4) is 0 Å². The minimum Gasteiger partial charge on any atom is -0.507 e. The van der Waals surface area contributed by atoms with Gasteiger partial charge in [0.05, 0.1) is 0 Å². The Bertz CT molecular complexity index is 727. The highest BCUT2D eigenvalue weighted by Gasteiger charge is 2.34. The molecule has 0 spiro atoms. The molecule has 0 aliphatic carbocycles. The van der Waals surface area contributed by atoms with Crippen LogP contribution in [0, 0.1) is 38.5 Å². The van der Waals surface area contributed by atoms with Crippen LogP contribution in [0.4, 0.5) is 0 Å². The summed E-state index contributed by atoms with van der Waals surface area (Å²) in [5, 5.41) is 10.5. The van der Waals surface area contributed by atoms with Crippen molar-refractivity contribution in [1.82, 2.24) is 0 Å². The Morgan fingerprint density at radius 3 is 2.06 bits per heavy atom. The van der Waals surface area contributed by atoms with Crippen molar-refractivity contribution in [2.45, 2.75) is 132 Å². The Balaban J connectivity index is 1.77. The summed E-state index contributed by atoms with van der Waals surface area (Å²) in [6.45, 7) is 15.8. The summed E-state index contributed by atoms with van der Waals surface area (Å²) in [5.41, 5.74) is 3.59. The van der Waals surface area contributed by atoms with Gasteiger partial charge in [0.2, 0.25) is 0 Å². The van der Waals surface area contributed by atoms with Crippen molar-refractivity contribution in [2.24, 2.45) is 17.8 Å². The number of ether oxygens (including phenoxy) is 1. The Labute approximate surface area is 194 Å². The van der Waals surface area contributed by atoms with Crippen LogP contribution in [0.1, 0.15) is 122 Å². The molecule has 31 heavy (non-hydrogen) atoms. The number of benzene rings is 1. The predicted octanol–water partition coefficient (Wildman–Crippen LogP) is 8.84. The molecule has 3 atom stereocenters. The van der Waals surface area contributed by atoms with Crippen LogP contribution in [0.25, 0.3) is 0 Å². The van der Waals surface area contributed by atoms with E-state index in [1.807, 2.05) is 13.8 Å². The summed E-state index contributed by atoms with van der Waals surface area (Å²) in [6, 6.07) is 0. The Morgan fingerprint density at radius 1 is 0.903 bits per heavy atom. The fraction of sp³-hybridized carbons (Fsp3) is 0.793. The summed E-state index contributed by atoms with van der Waals surface area (Å²) in [6.07, 6.45) is 13.7. The third-order valence-electron chi connectivity index (χ3n) is 7.71. The van der Waals surface area contributed by atoms with E-state index >= 15 is 0 Å². The lowest BCUT2D eigenvalue weighted by Gasteiger charge is -2.38. The van der Waals surface area contributed by atoms with Crippen molar-refractivity contribution >= 4 is 0 Å². The molecule has 1 heterocycles. The first-order valence-corrected chi connectivity index (χ1v) is 12.9. The van der Waals surface area contributed by atoms with Crippen molar-refractivity contribution in [3.05, 3.63) is 22.3 Å². The molecule has 2 heteroatoms. The zero-order chi connectivity index (χ0) is 23.9. The Kier molecular flexibility index (Phi) is 9.17. The SMILES string of the molecule is [2H]Cc1c(O)c(C)c(C)c2c1CC[C@@](C)(CCC[C@H](C)CCC[C@H](C)CCCC(C)C)O2. The highest BCUT2D eigenvalue weighted by Crippen LogP contribution is 2.44. The fourth-order valence-corrected chi connectivity index (χ4v) is 5.15. The average Bonchev–Trinajstić information content (AvgIpc) is 2.73. The zero-order valence-corrected chi connectivity index (χ0v) is 21.6. The smallest absolute Gasteiger partial charge is 0.127 e. The van der Waals surface area contributed by atoms with Crippen LogP contribution in [0.2, 0.25) is 0 Å². The summed E-state index contributed by atoms with van der Waals surface area (Å²) >= 11 is 0. The van der Waals surface area contributed by atoms with Crippen molar-refractivity contribution in [1.29, 1.82) is 0 Å². The van der Waals surface area contributed by atoms with Crippen LogP contribution in [0.15, 0.2) is 0 Å². The van der Waals surface area contributed by atoms with E-state index in [1.54, 1.807) is 0 Å². The topological polar surface area (TPSA) is 29.5 Å². The largest absolute Gasteiger partial charge is 0.507 e. The lowest BCUT2D eigenvalue weighted by Crippen LogP contribution is -2.37. The summed E-state index contributed by atoms with van der Waals surface area (Å²) < 4.78 is 14.4. The van der Waals surface area contributed by atoms with Crippen LogP contribution < -0.4 is 4.74 Å². The normalized spacial score (nSPS) is 20.8. The Hall–Kier alpha value is -1.18. The third kappa shape index (κ3) is 7.43. The number of phenols is 1. The van der Waals surface area contributed by atoms with Gasteiger partial charge in [0.15, 0.2) is 0 Å². The molecule has 1 aliphatic rings. The standard InChI is InChI=1S/C29H50O2/c1-20(2)12-9-13-21(3)14-10-15-22(4)16-11-18-29(8)19-17-26-25(7)27(30)23(5)24(6)28(26)31-29/h20-22,30H,9-19H2,1-8H3/t21-,22-,29-/m1/s1/i7D. The highest BCUT2D eigenvalue weighted by molar-refractivity contribution is 5.58. The maximum atomic E-state index is 10.5. The molecule has 1 aliphatic heterocycles. The molecule has 0 bridgehead atoms. The van der Waals surface area contributed by atoms with Crippen molar-refractivity contribution < 1.29 is 11.2 Å². The fourth-order valence-electron chi connectivity index (χ4n) is 5.15. The average molecular weight is 432 g/mol. The number of phenolic OH excluding ortho intramolecular Hbond substituents is 1. The van der Waals surface area contributed by atoms with Gasteiger partial charge in [-0.15, -0.1) is 0 Å². The molecule has 178 valence electrons. The van der Waals surface area contributed by atoms with E-state index in [0.717, 1.165) is 65.0 Å². The molecule has 1 N–H and O–H groups in total. The second-order valence-electron chi connectivity index (χ2n) is 11.3. The summed E-state index contributed by atoms with van der Waals surface area (Å²) in [5.74, 6) is 3.73. The monoisotopic (exact) mass is 431 g/mol. The van der Waals surface area contributed by atoms with E-state index in [4.69, 9.17) is 6.11 Å². The van der Waals surface area contributed by atoms with E-state index in [-0.39, 0.29) is 12.5 Å². The molecule has 2 nitrogen and oxygen atoms in total. The van der Waals surface area contributed by atoms with Crippen LogP contribution in [-0.2, 0) is 6.42 Å². The number of aromatic hydroxyl groups is 1. The molecule has 2 rings (SSSR count). The van der Waals surface area contributed by atoms with Crippen LogP contribution >= 0.6 is 0 Å². The molecule has 0 saturated carbocycles. The van der Waals surface area contributed by atoms with Gasteiger partial charge in [-0.25, -0.2) is 0 Å². The maximum absolute atomic E-state index is 10.5. The third-order valence-corrected chi connectivity index (χ3v) is 7.71. The highest BCUT2D eigenvalue weighted by atomic mass is 16.5. The van der Waals surface area contributed by atoms with Crippen molar-refractivity contribution in [3.8, 4) is 11.5 Å². The van der Waals surface area contributed by atoms with Gasteiger partial charge < -0.3 is 9.84 Å². The van der Waals surface area contributed by atoms with E-state index in [2.05, 4.69) is 34.6 Å². The zero-order valence-electron chi connectivity index (χ0n) is 22.6. The molecule has 0 radical (unpaired) electrons. The number of fused-ring (bicyclic) bond motifs is 1. The van der Waals surface area contributed by atoms with E-state index in [0.29, 0.717) is 5.75 Å². The molecular weight excluding hydrogens is 380 g/mol. The minimum absolute atomic E-state index is 0.114. The minimum atomic E-state index is -0.134. The molecular formula is C29H50O2. The summed E-state index contributed by atoms with van der Waals surface area (Å²) in [4.78, 5) is 0. The van der Waals surface area contributed by atoms with Gasteiger partial charge >= 0.3 is 0 Å². The second kappa shape index (κ2) is 11.6. The van der Waals surface area contributed by atoms with Gasteiger partial charge in [0, 0.05) is 6.93 Å². The van der Waals surface area contributed by atoms with E-state index < -0.39 is 0 Å². The molecule has 0 aromatic heterocycles. The molecule has 0 amide bonds. The van der Waals surface area contributed by atoms with Crippen LogP contribution in [-0.4, -0.2) is 10.7 Å². The van der Waals surface area contributed by atoms with Gasteiger partial charge in [0.25, 0.3) is 0 Å². The van der Waals surface area contributed by atoms with Gasteiger partial charge in [-0.05, 0) is 87.8 Å². The van der Waals surface area contributed by atoms with E-state index in [9.17, 15) is 5.11 Å². The van der Waals surface area contributed by atoms with Gasteiger partial charge in [-0.1, -0.05) is 72.6 Å². The van der Waals surface area contributed by atoms with Gasteiger partial charge in [-0.3, -0.25) is 0 Å². The van der Waals surface area contributed by atoms with Gasteiger partial charge in [-0.2, -0.15) is 0 Å². The lowest BCUT2D eigenvalue weighted by molar-refractivity contribution is 0.0512. The molecule has 1 aromatic rings. The first-order chi connectivity index (χ1) is 15.1. The van der Waals surface area contributed by atoms with Crippen molar-refractivity contribution in [2.75, 3.05) is 0 Å². The molecule has 0 saturated heterocycles. The molecule has 0 fully saturated rings. The van der Waals surface area contributed by atoms with Crippen LogP contribution in [0.5, 0.6) is 11.5 Å². The molecule has 0 unspecified atom stereocenters. The van der Waals surface area contributed by atoms with E-state index in [1.165, 1.54) is 51.4 Å². The number of hydrogen-bond acceptors (Lipinski definition) is 2. The predicted molar refractivity (Wildman–Crippen MR) is 134 cm³/mol. The summed E-state index contributed by atoms with van der Waals surface area (Å²) in [7, 11) is 0. The van der Waals surface area contributed by atoms with Crippen molar-refractivity contribution in [3.63, 3.8) is 0 Å². The van der Waals surface area contributed by atoms with Gasteiger partial charge in [0.1, 0.15) is 17.1 Å².